The number of rotatable bonds is 6. The molecular weight excluding hydrogens is 422 g/mol. The first-order valence-corrected chi connectivity index (χ1v) is 10.4. The lowest BCUT2D eigenvalue weighted by Gasteiger charge is -2.48. The second-order valence-electron chi connectivity index (χ2n) is 8.66. The summed E-state index contributed by atoms with van der Waals surface area (Å²) < 4.78 is 56.3. The molecule has 0 spiro atoms. The molecule has 1 aliphatic rings. The van der Waals surface area contributed by atoms with E-state index in [1.54, 1.807) is 20.8 Å². The first-order valence-electron chi connectivity index (χ1n) is 9.30. The summed E-state index contributed by atoms with van der Waals surface area (Å²) in [6, 6.07) is 3.24. The third kappa shape index (κ3) is 4.37. The van der Waals surface area contributed by atoms with Gasteiger partial charge in [-0.2, -0.15) is 8.78 Å². The van der Waals surface area contributed by atoms with Crippen molar-refractivity contribution in [3.63, 3.8) is 0 Å². The Balaban J connectivity index is 2.84. The number of ether oxygens (including phenoxy) is 2. The SMILES string of the molecule is CCOC(=O)C(F)(F)[C@@]1(N[S+]([O-])C(C)(C)C)CC(C)(C)Oc2ccc([N+](=O)[O-])cc21. The van der Waals surface area contributed by atoms with Crippen LogP contribution in [-0.2, 0) is 26.4 Å². The molecule has 1 aromatic rings. The molecule has 0 saturated carbocycles. The average molecular weight is 448 g/mol. The quantitative estimate of drug-likeness (QED) is 0.306. The lowest BCUT2D eigenvalue weighted by Crippen LogP contribution is -2.67. The van der Waals surface area contributed by atoms with Gasteiger partial charge < -0.3 is 14.0 Å². The predicted octanol–water partition coefficient (Wildman–Crippen LogP) is 3.60. The van der Waals surface area contributed by atoms with Gasteiger partial charge in [0, 0.05) is 35.5 Å². The van der Waals surface area contributed by atoms with E-state index in [4.69, 9.17) is 4.74 Å². The number of fused-ring (bicyclic) bond motifs is 1. The van der Waals surface area contributed by atoms with Crippen molar-refractivity contribution in [3.8, 4) is 5.75 Å². The van der Waals surface area contributed by atoms with Crippen molar-refractivity contribution in [1.82, 2.24) is 4.72 Å². The molecule has 0 amide bonds. The Hall–Kier alpha value is -1.98. The van der Waals surface area contributed by atoms with E-state index >= 15 is 8.78 Å². The van der Waals surface area contributed by atoms with Crippen molar-refractivity contribution in [3.05, 3.63) is 33.9 Å². The van der Waals surface area contributed by atoms with E-state index in [0.717, 1.165) is 12.1 Å². The molecule has 0 aromatic heterocycles. The Bertz CT molecular complexity index is 843. The van der Waals surface area contributed by atoms with Gasteiger partial charge in [0.25, 0.3) is 5.69 Å². The highest BCUT2D eigenvalue weighted by Crippen LogP contribution is 2.53. The topological polar surface area (TPSA) is 114 Å². The number of nitro groups is 1. The Kier molecular flexibility index (Phi) is 6.42. The van der Waals surface area contributed by atoms with Gasteiger partial charge in [-0.3, -0.25) is 10.1 Å². The minimum Gasteiger partial charge on any atom is -0.598 e. The fourth-order valence-corrected chi connectivity index (χ4v) is 4.20. The third-order valence-electron chi connectivity index (χ3n) is 4.60. The minimum atomic E-state index is -4.21. The van der Waals surface area contributed by atoms with Gasteiger partial charge in [0.15, 0.2) is 5.54 Å². The van der Waals surface area contributed by atoms with Gasteiger partial charge in [-0.1, -0.05) is 0 Å². The zero-order valence-electron chi connectivity index (χ0n) is 17.7. The van der Waals surface area contributed by atoms with E-state index in [0.29, 0.717) is 0 Å². The first-order chi connectivity index (χ1) is 13.6. The van der Waals surface area contributed by atoms with Crippen LogP contribution < -0.4 is 9.46 Å². The lowest BCUT2D eigenvalue weighted by molar-refractivity contribution is -0.385. The number of halogens is 2. The maximum Gasteiger partial charge on any atom is 0.379 e. The summed E-state index contributed by atoms with van der Waals surface area (Å²) in [6.07, 6.45) is -0.498. The maximum atomic E-state index is 15.8. The normalized spacial score (nSPS) is 21.9. The van der Waals surface area contributed by atoms with Crippen LogP contribution in [0.15, 0.2) is 18.2 Å². The summed E-state index contributed by atoms with van der Waals surface area (Å²) in [5, 5.41) is 11.3. The summed E-state index contributed by atoms with van der Waals surface area (Å²) >= 11 is -2.06. The van der Waals surface area contributed by atoms with Crippen LogP contribution >= 0.6 is 0 Å². The number of nitrogens with zero attached hydrogens (tertiary/aromatic N) is 1. The van der Waals surface area contributed by atoms with Crippen LogP contribution in [0.4, 0.5) is 14.5 Å². The molecule has 1 N–H and O–H groups in total. The molecule has 0 saturated heterocycles. The van der Waals surface area contributed by atoms with Crippen molar-refractivity contribution in [1.29, 1.82) is 0 Å². The lowest BCUT2D eigenvalue weighted by atomic mass is 9.74. The Morgan fingerprint density at radius 1 is 1.37 bits per heavy atom. The summed E-state index contributed by atoms with van der Waals surface area (Å²) in [6.45, 7) is 8.88. The number of hydrogen-bond donors (Lipinski definition) is 1. The fourth-order valence-electron chi connectivity index (χ4n) is 3.26. The number of alkyl halides is 2. The smallest absolute Gasteiger partial charge is 0.379 e. The predicted molar refractivity (Wildman–Crippen MR) is 107 cm³/mol. The molecule has 1 heterocycles. The summed E-state index contributed by atoms with van der Waals surface area (Å²) in [5.74, 6) is -6.10. The Labute approximate surface area is 176 Å². The van der Waals surface area contributed by atoms with Gasteiger partial charge in [0.1, 0.15) is 16.1 Å². The van der Waals surface area contributed by atoms with E-state index in [2.05, 4.69) is 9.46 Å². The number of esters is 1. The van der Waals surface area contributed by atoms with Crippen LogP contribution in [0, 0.1) is 10.1 Å². The Morgan fingerprint density at radius 3 is 2.47 bits per heavy atom. The molecule has 0 fully saturated rings. The number of hydrogen-bond acceptors (Lipinski definition) is 7. The summed E-state index contributed by atoms with van der Waals surface area (Å²) in [4.78, 5) is 22.9. The van der Waals surface area contributed by atoms with Gasteiger partial charge in [0.05, 0.1) is 11.5 Å². The molecule has 2 atom stereocenters. The molecule has 1 aliphatic heterocycles. The van der Waals surface area contributed by atoms with Gasteiger partial charge in [-0.15, -0.1) is 4.72 Å². The van der Waals surface area contributed by atoms with Crippen molar-refractivity contribution in [2.45, 2.75) is 69.8 Å². The molecule has 1 aromatic carbocycles. The van der Waals surface area contributed by atoms with Gasteiger partial charge in [-0.25, -0.2) is 4.79 Å². The second kappa shape index (κ2) is 7.93. The molecule has 1 unspecified atom stereocenters. The largest absolute Gasteiger partial charge is 0.598 e. The highest BCUT2D eigenvalue weighted by molar-refractivity contribution is 7.90. The van der Waals surface area contributed by atoms with Crippen LogP contribution in [0.1, 0.15) is 53.5 Å². The zero-order chi connectivity index (χ0) is 23.1. The molecule has 30 heavy (non-hydrogen) atoms. The molecule has 11 heteroatoms. The highest BCUT2D eigenvalue weighted by atomic mass is 32.2. The third-order valence-corrected chi connectivity index (χ3v) is 6.25. The Morgan fingerprint density at radius 2 is 1.97 bits per heavy atom. The molecule has 2 rings (SSSR count). The number of non-ortho nitro benzene ring substituents is 1. The van der Waals surface area contributed by atoms with Gasteiger partial charge in [-0.05, 0) is 47.6 Å². The molecule has 0 bridgehead atoms. The zero-order valence-corrected chi connectivity index (χ0v) is 18.5. The number of nitrogens with one attached hydrogen (secondary N) is 1. The van der Waals surface area contributed by atoms with E-state index < -0.39 is 56.2 Å². The van der Waals surface area contributed by atoms with E-state index in [1.165, 1.54) is 26.8 Å². The fraction of sp³-hybridized carbons (Fsp3) is 0.632. The van der Waals surface area contributed by atoms with Crippen LogP contribution in [0.5, 0.6) is 5.75 Å². The van der Waals surface area contributed by atoms with Crippen LogP contribution in [0.25, 0.3) is 0 Å². The molecule has 0 aliphatic carbocycles. The van der Waals surface area contributed by atoms with Crippen LogP contribution in [0.3, 0.4) is 0 Å². The summed E-state index contributed by atoms with van der Waals surface area (Å²) in [5.41, 5.74) is -4.58. The van der Waals surface area contributed by atoms with Crippen molar-refractivity contribution >= 4 is 23.0 Å². The standard InChI is InChI=1S/C19H26F2N2O6S/c1-7-28-15(24)19(20,21)18(22-30(27)16(2,3)4)11-17(5,6)29-14-9-8-12(23(25)26)10-13(14)18/h8-10,22H,7,11H2,1-6H3/t18-,30?/m1/s1. The first kappa shape index (κ1) is 24.3. The van der Waals surface area contributed by atoms with Crippen molar-refractivity contribution in [2.24, 2.45) is 0 Å². The van der Waals surface area contributed by atoms with Crippen molar-refractivity contribution < 1.29 is 32.5 Å². The van der Waals surface area contributed by atoms with E-state index in [1.807, 2.05) is 0 Å². The van der Waals surface area contributed by atoms with Crippen LogP contribution in [-0.4, -0.2) is 38.3 Å². The molecule has 0 radical (unpaired) electrons. The minimum absolute atomic E-state index is 0.0702. The average Bonchev–Trinajstić information content (AvgIpc) is 2.59. The second-order valence-corrected chi connectivity index (χ2v) is 10.6. The molecule has 168 valence electrons. The highest BCUT2D eigenvalue weighted by Gasteiger charge is 2.68. The molecular formula is C19H26F2N2O6S. The van der Waals surface area contributed by atoms with Gasteiger partial charge in [0.2, 0.25) is 0 Å². The van der Waals surface area contributed by atoms with E-state index in [9.17, 15) is 19.5 Å². The van der Waals surface area contributed by atoms with E-state index in [-0.39, 0.29) is 17.9 Å². The van der Waals surface area contributed by atoms with Crippen LogP contribution in [0.2, 0.25) is 0 Å². The number of benzene rings is 1. The van der Waals surface area contributed by atoms with Gasteiger partial charge >= 0.3 is 11.9 Å². The maximum absolute atomic E-state index is 15.8. The number of carbonyl (C=O) groups is 1. The monoisotopic (exact) mass is 448 g/mol. The summed E-state index contributed by atoms with van der Waals surface area (Å²) in [7, 11) is 0. The number of carbonyl (C=O) groups excluding carboxylic acids is 1. The number of nitro benzene ring substituents is 1. The van der Waals surface area contributed by atoms with Crippen molar-refractivity contribution in [2.75, 3.05) is 6.61 Å². The molecule has 8 nitrogen and oxygen atoms in total.